The number of aryl methyl sites for hydroxylation is 1. The lowest BCUT2D eigenvalue weighted by atomic mass is 10.0. The van der Waals surface area contributed by atoms with Crippen molar-refractivity contribution in [2.24, 2.45) is 0 Å². The van der Waals surface area contributed by atoms with E-state index in [4.69, 9.17) is 9.05 Å². The minimum Gasteiger partial charge on any atom is -0.312 e. The Bertz CT molecular complexity index is 462. The van der Waals surface area contributed by atoms with E-state index in [-0.39, 0.29) is 18.4 Å². The average Bonchev–Trinajstić information content (AvgIpc) is 2.39. The first-order valence-electron chi connectivity index (χ1n) is 6.33. The smallest absolute Gasteiger partial charge is 0.312 e. The van der Waals surface area contributed by atoms with E-state index in [1.54, 1.807) is 0 Å². The Morgan fingerprint density at radius 1 is 1.21 bits per heavy atom. The standard InChI is InChI=1S/C14H21O4P/c1-4-6-12-7-5-8-13(9-12)10-14(15)11-19(16,17-2)18-3/h5,7-9H,4,6,10-11H2,1-3H3. The maximum absolute atomic E-state index is 11.9. The summed E-state index contributed by atoms with van der Waals surface area (Å²) < 4.78 is 21.4. The minimum atomic E-state index is -3.25. The van der Waals surface area contributed by atoms with Crippen molar-refractivity contribution in [3.8, 4) is 0 Å². The minimum absolute atomic E-state index is 0.138. The molecule has 0 radical (unpaired) electrons. The van der Waals surface area contributed by atoms with E-state index in [0.717, 1.165) is 18.4 Å². The third kappa shape index (κ3) is 5.27. The average molecular weight is 284 g/mol. The summed E-state index contributed by atoms with van der Waals surface area (Å²) >= 11 is 0. The van der Waals surface area contributed by atoms with Crippen LogP contribution in [0.3, 0.4) is 0 Å². The number of carbonyl (C=O) groups is 1. The van der Waals surface area contributed by atoms with Gasteiger partial charge in [0.05, 0.1) is 0 Å². The van der Waals surface area contributed by atoms with Crippen molar-refractivity contribution in [1.82, 2.24) is 0 Å². The van der Waals surface area contributed by atoms with Crippen LogP contribution in [0.4, 0.5) is 0 Å². The van der Waals surface area contributed by atoms with Crippen molar-refractivity contribution in [3.05, 3.63) is 35.4 Å². The van der Waals surface area contributed by atoms with E-state index in [2.05, 4.69) is 6.92 Å². The lowest BCUT2D eigenvalue weighted by Gasteiger charge is -2.12. The van der Waals surface area contributed by atoms with Crippen molar-refractivity contribution >= 4 is 13.4 Å². The molecule has 0 aliphatic rings. The summed E-state index contributed by atoms with van der Waals surface area (Å²) in [6.07, 6.45) is 2.14. The fraction of sp³-hybridized carbons (Fsp3) is 0.500. The first-order chi connectivity index (χ1) is 9.03. The van der Waals surface area contributed by atoms with Gasteiger partial charge in [-0.25, -0.2) is 0 Å². The number of hydrogen-bond acceptors (Lipinski definition) is 4. The molecule has 0 amide bonds. The number of carbonyl (C=O) groups excluding carboxylic acids is 1. The fourth-order valence-corrected chi connectivity index (χ4v) is 2.84. The number of ketones is 1. The van der Waals surface area contributed by atoms with Crippen molar-refractivity contribution in [2.45, 2.75) is 26.2 Å². The zero-order valence-corrected chi connectivity index (χ0v) is 12.6. The van der Waals surface area contributed by atoms with E-state index in [1.165, 1.54) is 19.8 Å². The summed E-state index contributed by atoms with van der Waals surface area (Å²) in [5.74, 6) is -0.138. The molecule has 0 fully saturated rings. The van der Waals surface area contributed by atoms with Crippen LogP contribution in [0, 0.1) is 0 Å². The van der Waals surface area contributed by atoms with E-state index < -0.39 is 7.60 Å². The molecule has 5 heteroatoms. The number of benzene rings is 1. The predicted molar refractivity (Wildman–Crippen MR) is 75.6 cm³/mol. The van der Waals surface area contributed by atoms with Crippen LogP contribution in [-0.2, 0) is 31.2 Å². The molecule has 4 nitrogen and oxygen atoms in total. The molecule has 0 unspecified atom stereocenters. The SMILES string of the molecule is CCCc1cccc(CC(=O)CP(=O)(OC)OC)c1. The van der Waals surface area contributed by atoms with Crippen LogP contribution in [0.15, 0.2) is 24.3 Å². The van der Waals surface area contributed by atoms with Crippen molar-refractivity contribution in [2.75, 3.05) is 20.4 Å². The summed E-state index contributed by atoms with van der Waals surface area (Å²) in [4.78, 5) is 11.9. The molecule has 0 bridgehead atoms. The van der Waals surface area contributed by atoms with Gasteiger partial charge in [0.2, 0.25) is 0 Å². The largest absolute Gasteiger partial charge is 0.337 e. The van der Waals surface area contributed by atoms with Gasteiger partial charge in [0.15, 0.2) is 0 Å². The Labute approximate surface area is 114 Å². The monoisotopic (exact) mass is 284 g/mol. The summed E-state index contributed by atoms with van der Waals surface area (Å²) in [7, 11) is -0.666. The molecule has 0 N–H and O–H groups in total. The lowest BCUT2D eigenvalue weighted by Crippen LogP contribution is -2.10. The second kappa shape index (κ2) is 7.59. The molecular formula is C14H21O4P. The zero-order valence-electron chi connectivity index (χ0n) is 11.7. The Hall–Kier alpha value is -0.960. The van der Waals surface area contributed by atoms with Crippen molar-refractivity contribution in [3.63, 3.8) is 0 Å². The molecule has 0 spiro atoms. The van der Waals surface area contributed by atoms with E-state index >= 15 is 0 Å². The maximum atomic E-state index is 11.9. The van der Waals surface area contributed by atoms with Gasteiger partial charge < -0.3 is 9.05 Å². The highest BCUT2D eigenvalue weighted by Gasteiger charge is 2.25. The maximum Gasteiger partial charge on any atom is 0.337 e. The number of hydrogen-bond donors (Lipinski definition) is 0. The van der Waals surface area contributed by atoms with Crippen LogP contribution in [0.25, 0.3) is 0 Å². The quantitative estimate of drug-likeness (QED) is 0.688. The Morgan fingerprint density at radius 2 is 1.84 bits per heavy atom. The molecule has 106 valence electrons. The molecular weight excluding hydrogens is 263 g/mol. The fourth-order valence-electron chi connectivity index (χ4n) is 1.89. The van der Waals surface area contributed by atoms with Gasteiger partial charge in [-0.1, -0.05) is 37.6 Å². The topological polar surface area (TPSA) is 52.6 Å². The summed E-state index contributed by atoms with van der Waals surface area (Å²) in [5.41, 5.74) is 2.16. The zero-order chi connectivity index (χ0) is 14.3. The molecule has 0 saturated carbocycles. The second-order valence-electron chi connectivity index (χ2n) is 4.42. The van der Waals surface area contributed by atoms with Crippen molar-refractivity contribution < 1.29 is 18.4 Å². The molecule has 0 aliphatic carbocycles. The Balaban J connectivity index is 2.66. The first kappa shape index (κ1) is 16.1. The highest BCUT2D eigenvalue weighted by atomic mass is 31.2. The van der Waals surface area contributed by atoms with E-state index in [1.807, 2.05) is 24.3 Å². The van der Waals surface area contributed by atoms with Crippen LogP contribution in [-0.4, -0.2) is 26.2 Å². The lowest BCUT2D eigenvalue weighted by molar-refractivity contribution is -0.116. The molecule has 1 rings (SSSR count). The van der Waals surface area contributed by atoms with Crippen LogP contribution in [0.1, 0.15) is 24.5 Å². The van der Waals surface area contributed by atoms with Crippen molar-refractivity contribution in [1.29, 1.82) is 0 Å². The molecule has 19 heavy (non-hydrogen) atoms. The molecule has 0 saturated heterocycles. The van der Waals surface area contributed by atoms with Crippen LogP contribution >= 0.6 is 7.60 Å². The molecule has 1 aromatic carbocycles. The third-order valence-electron chi connectivity index (χ3n) is 2.86. The number of Topliss-reactive ketones (excluding diaryl/α,β-unsaturated/α-hetero) is 1. The Kier molecular flexibility index (Phi) is 6.43. The Morgan fingerprint density at radius 3 is 2.42 bits per heavy atom. The van der Waals surface area contributed by atoms with Crippen LogP contribution in [0.5, 0.6) is 0 Å². The summed E-state index contributed by atoms with van der Waals surface area (Å²) in [6.45, 7) is 2.12. The van der Waals surface area contributed by atoms with Gasteiger partial charge in [0, 0.05) is 20.6 Å². The first-order valence-corrected chi connectivity index (χ1v) is 8.06. The van der Waals surface area contributed by atoms with Gasteiger partial charge in [-0.2, -0.15) is 0 Å². The predicted octanol–water partition coefficient (Wildman–Crippen LogP) is 3.24. The van der Waals surface area contributed by atoms with E-state index in [0.29, 0.717) is 0 Å². The summed E-state index contributed by atoms with van der Waals surface area (Å²) in [6, 6.07) is 7.92. The van der Waals surface area contributed by atoms with Gasteiger partial charge in [-0.3, -0.25) is 9.36 Å². The molecule has 1 aromatic rings. The summed E-state index contributed by atoms with van der Waals surface area (Å²) in [5, 5.41) is 0. The third-order valence-corrected chi connectivity index (χ3v) is 4.71. The van der Waals surface area contributed by atoms with E-state index in [9.17, 15) is 9.36 Å². The van der Waals surface area contributed by atoms with Crippen LogP contribution in [0.2, 0.25) is 0 Å². The highest BCUT2D eigenvalue weighted by Crippen LogP contribution is 2.46. The highest BCUT2D eigenvalue weighted by molar-refractivity contribution is 7.54. The van der Waals surface area contributed by atoms with Crippen LogP contribution < -0.4 is 0 Å². The number of rotatable bonds is 8. The molecule has 0 heterocycles. The van der Waals surface area contributed by atoms with Gasteiger partial charge in [0.25, 0.3) is 0 Å². The second-order valence-corrected chi connectivity index (χ2v) is 6.69. The normalized spacial score (nSPS) is 11.5. The molecule has 0 aliphatic heterocycles. The van der Waals surface area contributed by atoms with Gasteiger partial charge in [0.1, 0.15) is 11.9 Å². The van der Waals surface area contributed by atoms with Gasteiger partial charge >= 0.3 is 7.60 Å². The molecule has 0 atom stereocenters. The van der Waals surface area contributed by atoms with Gasteiger partial charge in [-0.05, 0) is 17.5 Å². The molecule has 0 aromatic heterocycles. The van der Waals surface area contributed by atoms with Gasteiger partial charge in [-0.15, -0.1) is 0 Å².